The Balaban J connectivity index is 1.46. The monoisotopic (exact) mass is 443 g/mol. The van der Waals surface area contributed by atoms with Crippen molar-refractivity contribution >= 4 is 22.1 Å². The van der Waals surface area contributed by atoms with Crippen molar-refractivity contribution in [1.29, 1.82) is 0 Å². The summed E-state index contributed by atoms with van der Waals surface area (Å²) in [5.74, 6) is -0.944. The molecule has 0 saturated heterocycles. The van der Waals surface area contributed by atoms with Crippen LogP contribution in [-0.2, 0) is 6.37 Å². The lowest BCUT2D eigenvalue weighted by Gasteiger charge is -2.13. The fourth-order valence-corrected chi connectivity index (χ4v) is 4.29. The molecule has 0 aliphatic rings. The van der Waals surface area contributed by atoms with Crippen LogP contribution >= 0.6 is 0 Å². The van der Waals surface area contributed by atoms with E-state index in [1.54, 1.807) is 24.4 Å². The Bertz CT molecular complexity index is 1730. The minimum atomic E-state index is -1.76. The highest BCUT2D eigenvalue weighted by molar-refractivity contribution is 6.08. The second-order valence-corrected chi connectivity index (χ2v) is 8.25. The topological polar surface area (TPSA) is 38.9 Å². The number of hydrogen-bond acceptors (Lipinski definition) is 3. The summed E-state index contributed by atoms with van der Waals surface area (Å²) < 4.78 is 32.7. The van der Waals surface area contributed by atoms with E-state index in [1.807, 2.05) is 91.9 Å². The molecule has 3 aromatic heterocycles. The van der Waals surface area contributed by atoms with E-state index in [0.29, 0.717) is 28.2 Å². The molecule has 3 nitrogen and oxygen atoms in total. The second-order valence-electron chi connectivity index (χ2n) is 8.25. The number of aromatic nitrogens is 2. The summed E-state index contributed by atoms with van der Waals surface area (Å²) in [5.41, 5.74) is 5.08. The van der Waals surface area contributed by atoms with E-state index in [9.17, 15) is 0 Å². The zero-order valence-electron chi connectivity index (χ0n) is 21.7. The van der Waals surface area contributed by atoms with Crippen molar-refractivity contribution in [3.8, 4) is 11.3 Å². The highest BCUT2D eigenvalue weighted by Crippen LogP contribution is 2.36. The van der Waals surface area contributed by atoms with Gasteiger partial charge in [-0.3, -0.25) is 4.98 Å². The van der Waals surface area contributed by atoms with Crippen molar-refractivity contribution in [2.45, 2.75) is 19.2 Å². The first kappa shape index (κ1) is 17.3. The van der Waals surface area contributed by atoms with Crippen molar-refractivity contribution in [1.82, 2.24) is 9.97 Å². The van der Waals surface area contributed by atoms with E-state index in [1.165, 1.54) is 0 Å². The van der Waals surface area contributed by atoms with Crippen LogP contribution in [-0.4, -0.2) is 9.97 Å². The van der Waals surface area contributed by atoms with Gasteiger partial charge in [0.25, 0.3) is 0 Å². The molecule has 34 heavy (non-hydrogen) atoms. The minimum absolute atomic E-state index is 0.291. The van der Waals surface area contributed by atoms with Gasteiger partial charge in [-0.25, -0.2) is 4.98 Å². The summed E-state index contributed by atoms with van der Waals surface area (Å²) in [6.07, 6.45) is -0.0319. The van der Waals surface area contributed by atoms with Crippen LogP contribution in [0, 0.1) is 0 Å². The van der Waals surface area contributed by atoms with Gasteiger partial charge in [0.2, 0.25) is 5.71 Å². The number of pyridine rings is 2. The molecule has 0 bridgehead atoms. The van der Waals surface area contributed by atoms with Crippen LogP contribution in [0.1, 0.15) is 39.3 Å². The van der Waals surface area contributed by atoms with Gasteiger partial charge in [0.05, 0.1) is 5.69 Å². The van der Waals surface area contributed by atoms with E-state index in [2.05, 4.69) is 9.97 Å². The van der Waals surface area contributed by atoms with Crippen LogP contribution in [0.3, 0.4) is 0 Å². The predicted octanol–water partition coefficient (Wildman–Crippen LogP) is 7.79. The molecule has 3 heterocycles. The molecule has 0 fully saturated rings. The maximum Gasteiger partial charge on any atom is 0.227 e. The molecule has 0 N–H and O–H groups in total. The lowest BCUT2D eigenvalue weighted by molar-refractivity contribution is 0.652. The average molecular weight is 444 g/mol. The maximum atomic E-state index is 9.07. The molecule has 164 valence electrons. The van der Waals surface area contributed by atoms with Crippen molar-refractivity contribution < 1.29 is 8.53 Å². The van der Waals surface area contributed by atoms with E-state index >= 15 is 0 Å². The molecule has 0 spiro atoms. The molecule has 0 radical (unpaired) electrons. The van der Waals surface area contributed by atoms with Crippen LogP contribution in [0.15, 0.2) is 114 Å². The zero-order valence-corrected chi connectivity index (χ0v) is 18.7. The van der Waals surface area contributed by atoms with Gasteiger partial charge >= 0.3 is 0 Å². The Labute approximate surface area is 203 Å². The van der Waals surface area contributed by atoms with Crippen LogP contribution in [0.2, 0.25) is 0 Å². The Hall–Kier alpha value is -4.24. The summed E-state index contributed by atoms with van der Waals surface area (Å²) in [6.45, 7) is 1.88. The first-order chi connectivity index (χ1) is 17.9. The van der Waals surface area contributed by atoms with Gasteiger partial charge in [0, 0.05) is 44.6 Å². The highest BCUT2D eigenvalue weighted by Gasteiger charge is 2.16. The third kappa shape index (κ3) is 3.75. The molecule has 0 amide bonds. The number of rotatable bonds is 5. The van der Waals surface area contributed by atoms with Gasteiger partial charge in [-0.1, -0.05) is 79.7 Å². The van der Waals surface area contributed by atoms with Gasteiger partial charge in [-0.05, 0) is 47.0 Å². The molecule has 6 rings (SSSR count). The van der Waals surface area contributed by atoms with Crippen LogP contribution in [0.5, 0.6) is 0 Å². The summed E-state index contributed by atoms with van der Waals surface area (Å²) in [4.78, 5) is 9.21. The molecular weight excluding hydrogens is 416 g/mol. The fourth-order valence-electron chi connectivity index (χ4n) is 4.29. The third-order valence-electron chi connectivity index (χ3n) is 6.09. The lowest BCUT2D eigenvalue weighted by Crippen LogP contribution is -1.97. The maximum absolute atomic E-state index is 9.07. The predicted molar refractivity (Wildman–Crippen MR) is 138 cm³/mol. The Morgan fingerprint density at radius 2 is 1.62 bits per heavy atom. The summed E-state index contributed by atoms with van der Waals surface area (Å²) >= 11 is 0. The van der Waals surface area contributed by atoms with Crippen molar-refractivity contribution in [3.05, 3.63) is 132 Å². The van der Waals surface area contributed by atoms with Gasteiger partial charge in [-0.15, -0.1) is 0 Å². The van der Waals surface area contributed by atoms with Gasteiger partial charge in [-0.2, -0.15) is 0 Å². The normalized spacial score (nSPS) is 14.9. The Morgan fingerprint density at radius 1 is 0.824 bits per heavy atom. The number of furan rings is 1. The minimum Gasteiger partial charge on any atom is -0.437 e. The summed E-state index contributed by atoms with van der Waals surface area (Å²) in [7, 11) is 0. The van der Waals surface area contributed by atoms with Gasteiger partial charge in [0.1, 0.15) is 5.58 Å². The Kier molecular flexibility index (Phi) is 4.37. The molecule has 3 heteroatoms. The van der Waals surface area contributed by atoms with Crippen LogP contribution in [0.25, 0.3) is 33.3 Å². The van der Waals surface area contributed by atoms with E-state index < -0.39 is 12.3 Å². The number of benzene rings is 3. The standard InChI is InChI=1S/C31H24N2O/c1-21(23-11-6-3-7-12-23)24-17-18-32-29(20-24)28-14-8-13-26-27-16-15-25(33-31(27)34-30(26)28)19-22-9-4-2-5-10-22/h2-18,20-21H,19H2,1H3/i19D2,21D. The number of nitrogens with zero attached hydrogens (tertiary/aromatic N) is 2. The largest absolute Gasteiger partial charge is 0.437 e. The van der Waals surface area contributed by atoms with Crippen LogP contribution < -0.4 is 0 Å². The number of para-hydroxylation sites is 1. The molecule has 0 aliphatic carbocycles. The lowest BCUT2D eigenvalue weighted by atomic mass is 9.92. The van der Waals surface area contributed by atoms with Crippen LogP contribution in [0.4, 0.5) is 0 Å². The van der Waals surface area contributed by atoms with Gasteiger partial charge in [0.15, 0.2) is 0 Å². The molecule has 0 aliphatic heterocycles. The fraction of sp³-hybridized carbons (Fsp3) is 0.0968. The number of hydrogen-bond donors (Lipinski definition) is 0. The molecule has 6 aromatic rings. The Morgan fingerprint density at radius 3 is 2.44 bits per heavy atom. The number of fused-ring (bicyclic) bond motifs is 3. The molecule has 3 aromatic carbocycles. The first-order valence-corrected chi connectivity index (χ1v) is 11.3. The summed E-state index contributed by atoms with van der Waals surface area (Å²) in [6, 6.07) is 32.1. The van der Waals surface area contributed by atoms with Crippen molar-refractivity contribution in [2.75, 3.05) is 0 Å². The quantitative estimate of drug-likeness (QED) is 0.273. The van der Waals surface area contributed by atoms with E-state index in [-0.39, 0.29) is 0 Å². The average Bonchev–Trinajstić information content (AvgIpc) is 3.32. The highest BCUT2D eigenvalue weighted by atomic mass is 16.3. The molecule has 0 saturated carbocycles. The second kappa shape index (κ2) is 8.60. The van der Waals surface area contributed by atoms with Gasteiger partial charge < -0.3 is 4.42 Å². The molecule has 1 atom stereocenters. The molecule has 1 unspecified atom stereocenters. The van der Waals surface area contributed by atoms with E-state index in [0.717, 1.165) is 27.5 Å². The van der Waals surface area contributed by atoms with E-state index in [4.69, 9.17) is 8.53 Å². The smallest absolute Gasteiger partial charge is 0.227 e. The summed E-state index contributed by atoms with van der Waals surface area (Å²) in [5, 5.41) is 1.70. The van der Waals surface area contributed by atoms with Crippen molar-refractivity contribution in [2.24, 2.45) is 0 Å². The molecular formula is C31H24N2O. The zero-order chi connectivity index (χ0) is 25.6. The first-order valence-electron chi connectivity index (χ1n) is 12.8. The van der Waals surface area contributed by atoms with Crippen molar-refractivity contribution in [3.63, 3.8) is 0 Å². The SMILES string of the molecule is [2H]C([2H])(c1ccccc1)c1ccc2c(n1)oc1c(-c3cc(C([2H])(C)c4ccccc4)ccn3)cccc12. The third-order valence-corrected chi connectivity index (χ3v) is 6.09.